The molecule has 0 fully saturated rings. The number of hydrogen-bond acceptors (Lipinski definition) is 6. The average molecular weight is 461 g/mol. The normalized spacial score (nSPS) is 10.7. The second-order valence-corrected chi connectivity index (χ2v) is 8.21. The third-order valence-electron chi connectivity index (χ3n) is 4.66. The van der Waals surface area contributed by atoms with Gasteiger partial charge in [-0.25, -0.2) is 0 Å². The minimum absolute atomic E-state index is 0.175. The second-order valence-electron chi connectivity index (χ2n) is 6.77. The maximum absolute atomic E-state index is 12.9. The third kappa shape index (κ3) is 6.13. The Hall–Kier alpha value is -2.74. The molecule has 3 rings (SSSR count). The summed E-state index contributed by atoms with van der Waals surface area (Å²) >= 11 is 7.89. The van der Waals surface area contributed by atoms with Gasteiger partial charge < -0.3 is 19.5 Å². The van der Waals surface area contributed by atoms with Crippen molar-refractivity contribution in [2.75, 3.05) is 33.2 Å². The number of hydrogen-bond donors (Lipinski definition) is 1. The predicted molar refractivity (Wildman–Crippen MR) is 125 cm³/mol. The molecule has 1 amide bonds. The molecule has 8 heteroatoms. The van der Waals surface area contributed by atoms with Crippen molar-refractivity contribution < 1.29 is 19.0 Å². The number of benzene rings is 2. The quantitative estimate of drug-likeness (QED) is 0.457. The van der Waals surface area contributed by atoms with E-state index in [9.17, 15) is 4.79 Å². The molecule has 3 aromatic rings. The van der Waals surface area contributed by atoms with Crippen LogP contribution < -0.4 is 19.5 Å². The van der Waals surface area contributed by atoms with Crippen LogP contribution in [0, 0.1) is 0 Å². The summed E-state index contributed by atoms with van der Waals surface area (Å²) in [6.45, 7) is 1.39. The molecule has 0 spiro atoms. The Labute approximate surface area is 191 Å². The molecule has 0 saturated heterocycles. The number of para-hydroxylation sites is 1. The summed E-state index contributed by atoms with van der Waals surface area (Å²) in [5.41, 5.74) is 1.51. The number of nitrogens with zero attached hydrogens (tertiary/aromatic N) is 1. The van der Waals surface area contributed by atoms with Gasteiger partial charge in [0, 0.05) is 29.6 Å². The molecule has 1 N–H and O–H groups in total. The number of nitrogens with one attached hydrogen (secondary N) is 1. The first-order chi connectivity index (χ1) is 15.0. The van der Waals surface area contributed by atoms with Crippen LogP contribution >= 0.6 is 22.9 Å². The Morgan fingerprint density at radius 3 is 2.39 bits per heavy atom. The number of thiophene rings is 1. The summed E-state index contributed by atoms with van der Waals surface area (Å²) < 4.78 is 16.1. The molecule has 31 heavy (non-hydrogen) atoms. The molecule has 0 saturated carbocycles. The maximum Gasteiger partial charge on any atom is 0.238 e. The second kappa shape index (κ2) is 11.0. The zero-order valence-corrected chi connectivity index (χ0v) is 19.3. The van der Waals surface area contributed by atoms with Crippen LogP contribution in [0.3, 0.4) is 0 Å². The summed E-state index contributed by atoms with van der Waals surface area (Å²) in [5, 5.41) is 5.33. The van der Waals surface area contributed by atoms with Crippen LogP contribution in [0.4, 0.5) is 5.69 Å². The van der Waals surface area contributed by atoms with Gasteiger partial charge >= 0.3 is 0 Å². The van der Waals surface area contributed by atoms with Crippen LogP contribution in [0.15, 0.2) is 53.9 Å². The summed E-state index contributed by atoms with van der Waals surface area (Å²) in [4.78, 5) is 16.2. The highest BCUT2D eigenvalue weighted by Crippen LogP contribution is 2.36. The Balaban J connectivity index is 1.77. The first-order valence-electron chi connectivity index (χ1n) is 9.62. The van der Waals surface area contributed by atoms with E-state index in [0.717, 1.165) is 11.3 Å². The van der Waals surface area contributed by atoms with Gasteiger partial charge in [-0.3, -0.25) is 9.69 Å². The van der Waals surface area contributed by atoms with Crippen LogP contribution in [0.2, 0.25) is 5.02 Å². The molecule has 0 aliphatic carbocycles. The number of anilines is 1. The van der Waals surface area contributed by atoms with Crippen molar-refractivity contribution in [1.82, 2.24) is 4.90 Å². The van der Waals surface area contributed by atoms with E-state index in [1.807, 2.05) is 35.7 Å². The van der Waals surface area contributed by atoms with Gasteiger partial charge in [0.05, 0.1) is 38.6 Å². The Morgan fingerprint density at radius 1 is 0.968 bits per heavy atom. The monoisotopic (exact) mass is 460 g/mol. The van der Waals surface area contributed by atoms with Gasteiger partial charge in [-0.05, 0) is 23.6 Å². The molecule has 0 radical (unpaired) electrons. The van der Waals surface area contributed by atoms with Crippen LogP contribution in [0.5, 0.6) is 17.2 Å². The highest BCUT2D eigenvalue weighted by molar-refractivity contribution is 7.09. The van der Waals surface area contributed by atoms with Crippen molar-refractivity contribution in [2.24, 2.45) is 0 Å². The van der Waals surface area contributed by atoms with E-state index >= 15 is 0 Å². The number of methoxy groups -OCH3 is 3. The number of carbonyl (C=O) groups is 1. The van der Waals surface area contributed by atoms with Crippen molar-refractivity contribution in [2.45, 2.75) is 13.1 Å². The molecule has 6 nitrogen and oxygen atoms in total. The molecule has 0 bridgehead atoms. The van der Waals surface area contributed by atoms with E-state index < -0.39 is 0 Å². The van der Waals surface area contributed by atoms with E-state index in [4.69, 9.17) is 25.8 Å². The molecule has 1 heterocycles. The van der Waals surface area contributed by atoms with E-state index in [-0.39, 0.29) is 12.5 Å². The van der Waals surface area contributed by atoms with Gasteiger partial charge in [0.25, 0.3) is 0 Å². The van der Waals surface area contributed by atoms with E-state index in [2.05, 4.69) is 16.3 Å². The minimum atomic E-state index is -0.175. The molecule has 0 atom stereocenters. The van der Waals surface area contributed by atoms with Crippen molar-refractivity contribution >= 4 is 34.5 Å². The average Bonchev–Trinajstić information content (AvgIpc) is 3.27. The lowest BCUT2D eigenvalue weighted by molar-refractivity contribution is -0.117. The summed E-state index contributed by atoms with van der Waals surface area (Å²) in [7, 11) is 4.71. The summed E-state index contributed by atoms with van der Waals surface area (Å²) in [6.07, 6.45) is 0. The standard InChI is InChI=1S/C23H25ClN2O4S/c1-28-20-9-5-4-7-16(20)13-26(14-17-8-6-10-31-17)15-23(27)25-19-11-18(24)21(29-2)12-22(19)30-3/h4-12H,13-15H2,1-3H3,(H,25,27). The SMILES string of the molecule is COc1cc(OC)c(NC(=O)CN(Cc2cccs2)Cc2ccccc2OC)cc1Cl. The van der Waals surface area contributed by atoms with Crippen LogP contribution in [0.1, 0.15) is 10.4 Å². The van der Waals surface area contributed by atoms with Crippen molar-refractivity contribution in [1.29, 1.82) is 0 Å². The van der Waals surface area contributed by atoms with E-state index in [0.29, 0.717) is 35.3 Å². The highest BCUT2D eigenvalue weighted by Gasteiger charge is 2.17. The fourth-order valence-electron chi connectivity index (χ4n) is 3.22. The Morgan fingerprint density at radius 2 is 1.71 bits per heavy atom. The molecular formula is C23H25ClN2O4S. The van der Waals surface area contributed by atoms with Crippen molar-refractivity contribution in [3.63, 3.8) is 0 Å². The summed E-state index contributed by atoms with van der Waals surface area (Å²) in [6, 6.07) is 15.2. The fraction of sp³-hybridized carbons (Fsp3) is 0.261. The number of rotatable bonds is 10. The lowest BCUT2D eigenvalue weighted by Crippen LogP contribution is -2.32. The summed E-state index contributed by atoms with van der Waals surface area (Å²) in [5.74, 6) is 1.57. The van der Waals surface area contributed by atoms with Gasteiger partial charge in [-0.15, -0.1) is 11.3 Å². The van der Waals surface area contributed by atoms with E-state index in [1.165, 1.54) is 19.1 Å². The third-order valence-corrected chi connectivity index (χ3v) is 5.82. The van der Waals surface area contributed by atoms with Crippen molar-refractivity contribution in [3.8, 4) is 17.2 Å². The minimum Gasteiger partial charge on any atom is -0.496 e. The number of carbonyl (C=O) groups excluding carboxylic acids is 1. The van der Waals surface area contributed by atoms with Gasteiger partial charge in [-0.2, -0.15) is 0 Å². The van der Waals surface area contributed by atoms with Gasteiger partial charge in [-0.1, -0.05) is 35.9 Å². The largest absolute Gasteiger partial charge is 0.496 e. The smallest absolute Gasteiger partial charge is 0.238 e. The first-order valence-corrected chi connectivity index (χ1v) is 10.9. The number of ether oxygens (including phenoxy) is 3. The maximum atomic E-state index is 12.9. The molecule has 164 valence electrons. The highest BCUT2D eigenvalue weighted by atomic mass is 35.5. The number of amides is 1. The Bertz CT molecular complexity index is 1010. The molecule has 0 unspecified atom stereocenters. The van der Waals surface area contributed by atoms with Gasteiger partial charge in [0.2, 0.25) is 5.91 Å². The molecule has 0 aliphatic heterocycles. The zero-order valence-electron chi connectivity index (χ0n) is 17.7. The van der Waals surface area contributed by atoms with Crippen molar-refractivity contribution in [3.05, 3.63) is 69.4 Å². The topological polar surface area (TPSA) is 60.0 Å². The molecule has 0 aliphatic rings. The zero-order chi connectivity index (χ0) is 22.2. The fourth-order valence-corrected chi connectivity index (χ4v) is 4.20. The van der Waals surface area contributed by atoms with Gasteiger partial charge in [0.1, 0.15) is 17.2 Å². The molecular weight excluding hydrogens is 436 g/mol. The van der Waals surface area contributed by atoms with E-state index in [1.54, 1.807) is 30.6 Å². The molecule has 1 aromatic heterocycles. The van der Waals surface area contributed by atoms with Crippen LogP contribution in [-0.4, -0.2) is 38.7 Å². The molecule has 2 aromatic carbocycles. The number of halogens is 1. The van der Waals surface area contributed by atoms with Crippen LogP contribution in [0.25, 0.3) is 0 Å². The van der Waals surface area contributed by atoms with Crippen LogP contribution in [-0.2, 0) is 17.9 Å². The predicted octanol–water partition coefficient (Wildman–Crippen LogP) is 5.07. The lowest BCUT2D eigenvalue weighted by atomic mass is 10.2. The lowest BCUT2D eigenvalue weighted by Gasteiger charge is -2.23. The first kappa shape index (κ1) is 22.9. The van der Waals surface area contributed by atoms with Gasteiger partial charge in [0.15, 0.2) is 0 Å². The Kier molecular flexibility index (Phi) is 8.17.